The Morgan fingerprint density at radius 1 is 1.00 bits per heavy atom. The van der Waals surface area contributed by atoms with E-state index in [-0.39, 0.29) is 12.3 Å². The highest BCUT2D eigenvalue weighted by Crippen LogP contribution is 2.10. The van der Waals surface area contributed by atoms with Gasteiger partial charge < -0.3 is 15.8 Å². The van der Waals surface area contributed by atoms with Crippen molar-refractivity contribution >= 4 is 11.8 Å². The van der Waals surface area contributed by atoms with Crippen LogP contribution in [0, 0.1) is 0 Å². The zero-order valence-corrected chi connectivity index (χ0v) is 11.4. The van der Waals surface area contributed by atoms with Crippen LogP contribution in [-0.2, 0) is 16.0 Å². The van der Waals surface area contributed by atoms with Crippen LogP contribution in [0.5, 0.6) is 5.75 Å². The van der Waals surface area contributed by atoms with Gasteiger partial charge in [0.05, 0.1) is 6.42 Å². The second-order valence-corrected chi connectivity index (χ2v) is 4.44. The number of carbonyl (C=O) groups is 2. The number of benzene rings is 2. The zero-order chi connectivity index (χ0) is 15.1. The van der Waals surface area contributed by atoms with Crippen molar-refractivity contribution in [3.63, 3.8) is 0 Å². The van der Waals surface area contributed by atoms with Crippen molar-refractivity contribution in [2.75, 3.05) is 0 Å². The lowest BCUT2D eigenvalue weighted by Gasteiger charge is -2.17. The van der Waals surface area contributed by atoms with Gasteiger partial charge >= 0.3 is 0 Å². The van der Waals surface area contributed by atoms with Gasteiger partial charge in [-0.1, -0.05) is 48.5 Å². The molecule has 5 nitrogen and oxygen atoms in total. The van der Waals surface area contributed by atoms with Crippen LogP contribution in [0.3, 0.4) is 0 Å². The SMILES string of the molecule is NC(=O)C(NC(=O)Cc1ccccc1)Oc1ccccc1. The van der Waals surface area contributed by atoms with Gasteiger partial charge in [-0.3, -0.25) is 9.59 Å². The number of ether oxygens (including phenoxy) is 1. The van der Waals surface area contributed by atoms with E-state index in [1.54, 1.807) is 24.3 Å². The molecule has 0 bridgehead atoms. The number of hydrogen-bond donors (Lipinski definition) is 2. The summed E-state index contributed by atoms with van der Waals surface area (Å²) in [5.41, 5.74) is 6.09. The minimum Gasteiger partial charge on any atom is -0.461 e. The van der Waals surface area contributed by atoms with Crippen LogP contribution < -0.4 is 15.8 Å². The molecule has 0 saturated heterocycles. The highest BCUT2D eigenvalue weighted by molar-refractivity contribution is 5.86. The van der Waals surface area contributed by atoms with Crippen LogP contribution in [0.2, 0.25) is 0 Å². The monoisotopic (exact) mass is 284 g/mol. The maximum Gasteiger partial charge on any atom is 0.280 e. The molecular formula is C16H16N2O3. The summed E-state index contributed by atoms with van der Waals surface area (Å²) in [4.78, 5) is 23.3. The van der Waals surface area contributed by atoms with E-state index in [0.717, 1.165) is 5.56 Å². The zero-order valence-electron chi connectivity index (χ0n) is 11.4. The van der Waals surface area contributed by atoms with Gasteiger partial charge in [0.25, 0.3) is 12.1 Å². The Kier molecular flexibility index (Phi) is 4.93. The second kappa shape index (κ2) is 7.09. The molecule has 2 aromatic carbocycles. The first kappa shape index (κ1) is 14.6. The lowest BCUT2D eigenvalue weighted by atomic mass is 10.1. The Labute approximate surface area is 122 Å². The molecular weight excluding hydrogens is 268 g/mol. The van der Waals surface area contributed by atoms with E-state index < -0.39 is 12.1 Å². The van der Waals surface area contributed by atoms with Crippen LogP contribution in [0.4, 0.5) is 0 Å². The van der Waals surface area contributed by atoms with E-state index >= 15 is 0 Å². The van der Waals surface area contributed by atoms with Gasteiger partial charge in [0.1, 0.15) is 5.75 Å². The maximum absolute atomic E-state index is 11.9. The molecule has 0 spiro atoms. The highest BCUT2D eigenvalue weighted by Gasteiger charge is 2.19. The first-order chi connectivity index (χ1) is 10.1. The van der Waals surface area contributed by atoms with Crippen molar-refractivity contribution in [3.05, 3.63) is 66.2 Å². The molecule has 0 fully saturated rings. The minimum atomic E-state index is -1.19. The minimum absolute atomic E-state index is 0.156. The average molecular weight is 284 g/mol. The molecule has 0 radical (unpaired) electrons. The summed E-state index contributed by atoms with van der Waals surface area (Å²) in [7, 11) is 0. The van der Waals surface area contributed by atoms with Crippen molar-refractivity contribution in [3.8, 4) is 5.75 Å². The quantitative estimate of drug-likeness (QED) is 0.783. The van der Waals surface area contributed by atoms with Crippen molar-refractivity contribution in [1.29, 1.82) is 0 Å². The number of para-hydroxylation sites is 1. The second-order valence-electron chi connectivity index (χ2n) is 4.44. The van der Waals surface area contributed by atoms with Crippen LogP contribution in [0.25, 0.3) is 0 Å². The Morgan fingerprint density at radius 3 is 2.14 bits per heavy atom. The van der Waals surface area contributed by atoms with Gasteiger partial charge in [-0.25, -0.2) is 0 Å². The topological polar surface area (TPSA) is 81.4 Å². The molecule has 5 heteroatoms. The van der Waals surface area contributed by atoms with Gasteiger partial charge in [-0.15, -0.1) is 0 Å². The van der Waals surface area contributed by atoms with E-state index in [2.05, 4.69) is 5.32 Å². The fourth-order valence-corrected chi connectivity index (χ4v) is 1.77. The predicted molar refractivity (Wildman–Crippen MR) is 78.3 cm³/mol. The molecule has 3 N–H and O–H groups in total. The van der Waals surface area contributed by atoms with Crippen molar-refractivity contribution in [1.82, 2.24) is 5.32 Å². The molecule has 0 aliphatic heterocycles. The van der Waals surface area contributed by atoms with Crippen molar-refractivity contribution < 1.29 is 14.3 Å². The van der Waals surface area contributed by atoms with E-state index in [4.69, 9.17) is 10.5 Å². The fraction of sp³-hybridized carbons (Fsp3) is 0.125. The largest absolute Gasteiger partial charge is 0.461 e. The van der Waals surface area contributed by atoms with Crippen molar-refractivity contribution in [2.45, 2.75) is 12.6 Å². The molecule has 1 unspecified atom stereocenters. The Balaban J connectivity index is 1.96. The molecule has 0 heterocycles. The summed E-state index contributed by atoms with van der Waals surface area (Å²) in [6.45, 7) is 0. The van der Waals surface area contributed by atoms with Crippen LogP contribution in [0.15, 0.2) is 60.7 Å². The first-order valence-electron chi connectivity index (χ1n) is 6.49. The summed E-state index contributed by atoms with van der Waals surface area (Å²) < 4.78 is 5.38. The number of primary amides is 1. The van der Waals surface area contributed by atoms with E-state index in [0.29, 0.717) is 5.75 Å². The highest BCUT2D eigenvalue weighted by atomic mass is 16.5. The fourth-order valence-electron chi connectivity index (χ4n) is 1.77. The van der Waals surface area contributed by atoms with E-state index in [1.807, 2.05) is 36.4 Å². The van der Waals surface area contributed by atoms with Gasteiger partial charge in [0.2, 0.25) is 5.91 Å². The Bertz CT molecular complexity index is 599. The summed E-state index contributed by atoms with van der Waals surface area (Å²) in [5, 5.41) is 2.48. The smallest absolute Gasteiger partial charge is 0.280 e. The number of nitrogens with one attached hydrogen (secondary N) is 1. The summed E-state index contributed by atoms with van der Waals surface area (Å²) in [5.74, 6) is -0.623. The molecule has 1 atom stereocenters. The molecule has 108 valence electrons. The van der Waals surface area contributed by atoms with E-state index in [9.17, 15) is 9.59 Å². The standard InChI is InChI=1S/C16H16N2O3/c17-15(20)16(21-13-9-5-2-6-10-13)18-14(19)11-12-7-3-1-4-8-12/h1-10,16H,11H2,(H2,17,20)(H,18,19). The third-order valence-electron chi connectivity index (χ3n) is 2.76. The average Bonchev–Trinajstić information content (AvgIpc) is 2.48. The van der Waals surface area contributed by atoms with Crippen molar-refractivity contribution in [2.24, 2.45) is 5.73 Å². The molecule has 0 saturated carbocycles. The van der Waals surface area contributed by atoms with Gasteiger partial charge in [0.15, 0.2) is 0 Å². The third kappa shape index (κ3) is 4.65. The lowest BCUT2D eigenvalue weighted by Crippen LogP contribution is -2.48. The third-order valence-corrected chi connectivity index (χ3v) is 2.76. The molecule has 2 amide bonds. The van der Waals surface area contributed by atoms with Gasteiger partial charge in [-0.05, 0) is 17.7 Å². The number of carbonyl (C=O) groups excluding carboxylic acids is 2. The molecule has 21 heavy (non-hydrogen) atoms. The molecule has 0 aliphatic carbocycles. The summed E-state index contributed by atoms with van der Waals surface area (Å²) in [6.07, 6.45) is -1.04. The number of rotatable bonds is 6. The predicted octanol–water partition coefficient (Wildman–Crippen LogP) is 1.24. The number of hydrogen-bond acceptors (Lipinski definition) is 3. The van der Waals surface area contributed by atoms with Gasteiger partial charge in [0, 0.05) is 0 Å². The molecule has 0 aliphatic rings. The van der Waals surface area contributed by atoms with Gasteiger partial charge in [-0.2, -0.15) is 0 Å². The summed E-state index contributed by atoms with van der Waals surface area (Å²) >= 11 is 0. The summed E-state index contributed by atoms with van der Waals surface area (Å²) in [6, 6.07) is 17.9. The van der Waals surface area contributed by atoms with Crippen LogP contribution in [0.1, 0.15) is 5.56 Å². The normalized spacial score (nSPS) is 11.4. The molecule has 2 rings (SSSR count). The number of nitrogens with two attached hydrogens (primary N) is 1. The molecule has 0 aromatic heterocycles. The molecule has 2 aromatic rings. The van der Waals surface area contributed by atoms with E-state index in [1.165, 1.54) is 0 Å². The Hall–Kier alpha value is -2.82. The van der Waals surface area contributed by atoms with Crippen LogP contribution >= 0.6 is 0 Å². The number of amides is 2. The lowest BCUT2D eigenvalue weighted by molar-refractivity contribution is -0.132. The maximum atomic E-state index is 11.9. The Morgan fingerprint density at radius 2 is 1.57 bits per heavy atom. The van der Waals surface area contributed by atoms with Crippen LogP contribution in [-0.4, -0.2) is 18.0 Å². The first-order valence-corrected chi connectivity index (χ1v) is 6.49.